The van der Waals surface area contributed by atoms with E-state index in [2.05, 4.69) is 5.32 Å². The summed E-state index contributed by atoms with van der Waals surface area (Å²) in [6, 6.07) is 10.5. The highest BCUT2D eigenvalue weighted by atomic mass is 35.5. The molecule has 0 spiro atoms. The number of ether oxygens (including phenoxy) is 2. The Balaban J connectivity index is 2.14. The normalized spacial score (nSPS) is 13.1. The number of carbonyl (C=O) groups is 3. The fourth-order valence-electron chi connectivity index (χ4n) is 3.35. The number of esters is 2. The smallest absolute Gasteiger partial charge is 0.314 e. The second kappa shape index (κ2) is 13.8. The highest BCUT2D eigenvalue weighted by molar-refractivity contribution is 7.45. The van der Waals surface area contributed by atoms with Crippen molar-refractivity contribution in [1.82, 2.24) is 5.32 Å². The summed E-state index contributed by atoms with van der Waals surface area (Å²) in [5, 5.41) is 3.15. The summed E-state index contributed by atoms with van der Waals surface area (Å²) >= 11 is 6.00. The fraction of sp³-hybridized carbons (Fsp3) is 0.423. The van der Waals surface area contributed by atoms with Crippen LogP contribution in [0.3, 0.4) is 0 Å². The molecule has 0 aliphatic carbocycles. The maximum absolute atomic E-state index is 14.3. The van der Waals surface area contributed by atoms with Crippen molar-refractivity contribution in [2.45, 2.75) is 52.5 Å². The van der Waals surface area contributed by atoms with Gasteiger partial charge in [-0.25, -0.2) is 4.39 Å². The van der Waals surface area contributed by atoms with Gasteiger partial charge in [-0.1, -0.05) is 42.8 Å². The van der Waals surface area contributed by atoms with E-state index < -0.39 is 50.3 Å². The van der Waals surface area contributed by atoms with Crippen LogP contribution in [0.4, 0.5) is 4.39 Å². The van der Waals surface area contributed by atoms with Crippen LogP contribution in [0.5, 0.6) is 0 Å². The van der Waals surface area contributed by atoms with E-state index in [1.54, 1.807) is 52.0 Å². The third-order valence-corrected chi connectivity index (χ3v) is 6.43. The lowest BCUT2D eigenvalue weighted by molar-refractivity contribution is -0.173. The Morgan fingerprint density at radius 3 is 2.32 bits per heavy atom. The molecule has 3 N–H and O–H groups in total. The second-order valence-electron chi connectivity index (χ2n) is 9.57. The zero-order valence-electron chi connectivity index (χ0n) is 21.2. The van der Waals surface area contributed by atoms with Crippen LogP contribution in [0.15, 0.2) is 42.5 Å². The first-order valence-electron chi connectivity index (χ1n) is 11.6. The lowest BCUT2D eigenvalue weighted by Crippen LogP contribution is -2.40. The largest absolute Gasteiger partial charge is 0.428 e. The van der Waals surface area contributed by atoms with Crippen molar-refractivity contribution >= 4 is 37.8 Å². The van der Waals surface area contributed by atoms with E-state index in [4.69, 9.17) is 30.9 Å². The van der Waals surface area contributed by atoms with Crippen molar-refractivity contribution in [2.75, 3.05) is 13.0 Å². The number of hydrogen-bond acceptors (Lipinski definition) is 7. The lowest BCUT2D eigenvalue weighted by atomic mass is 9.89. The van der Waals surface area contributed by atoms with Gasteiger partial charge in [0.25, 0.3) is 0 Å². The summed E-state index contributed by atoms with van der Waals surface area (Å²) in [7, 11) is -2.23. The number of halogens is 2. The number of hydrogen-bond donors (Lipinski definition) is 3. The van der Waals surface area contributed by atoms with Gasteiger partial charge in [-0.05, 0) is 50.1 Å². The van der Waals surface area contributed by atoms with Gasteiger partial charge in [0.15, 0.2) is 8.38 Å². The average Bonchev–Trinajstić information content (AvgIpc) is 2.82. The van der Waals surface area contributed by atoms with Gasteiger partial charge in [-0.2, -0.15) is 0 Å². The summed E-state index contributed by atoms with van der Waals surface area (Å²) in [6.45, 7) is 6.25. The minimum atomic E-state index is -2.23. The average molecular weight is 556 g/mol. The van der Waals surface area contributed by atoms with E-state index in [9.17, 15) is 18.8 Å². The predicted octanol–water partition coefficient (Wildman–Crippen LogP) is 4.90. The first-order chi connectivity index (χ1) is 17.3. The van der Waals surface area contributed by atoms with Crippen molar-refractivity contribution in [2.24, 2.45) is 5.41 Å². The van der Waals surface area contributed by atoms with Gasteiger partial charge in [-0.15, -0.1) is 0 Å². The zero-order valence-corrected chi connectivity index (χ0v) is 22.8. The summed E-state index contributed by atoms with van der Waals surface area (Å²) in [4.78, 5) is 55.0. The maximum Gasteiger partial charge on any atom is 0.314 e. The van der Waals surface area contributed by atoms with Gasteiger partial charge >= 0.3 is 11.9 Å². The van der Waals surface area contributed by atoms with Crippen LogP contribution in [0.25, 0.3) is 11.1 Å². The van der Waals surface area contributed by atoms with E-state index in [0.29, 0.717) is 16.1 Å². The van der Waals surface area contributed by atoms with E-state index in [1.165, 1.54) is 18.2 Å². The molecular weight excluding hydrogens is 524 g/mol. The zero-order chi connectivity index (χ0) is 27.8. The van der Waals surface area contributed by atoms with E-state index in [0.717, 1.165) is 5.56 Å². The molecule has 37 heavy (non-hydrogen) atoms. The standard InChI is InChI=1S/C26H32ClFNO7P/c1-16(17-5-7-18(8-6-17)20-13-19(27)9-10-21(20)28)22(29-23(30)11-12-37(33)34)14-24(31)35-15-36-25(32)26(2,3)4/h5-10,13,16,22,33-34H,11-12,14-15H2,1-4H3,(H,29,30). The minimum absolute atomic E-state index is 0.102. The predicted molar refractivity (Wildman–Crippen MR) is 139 cm³/mol. The highest BCUT2D eigenvalue weighted by Crippen LogP contribution is 2.29. The fourth-order valence-corrected chi connectivity index (χ4v) is 3.93. The number of amides is 1. The van der Waals surface area contributed by atoms with Gasteiger partial charge in [0, 0.05) is 35.1 Å². The van der Waals surface area contributed by atoms with Crippen molar-refractivity contribution < 1.29 is 38.0 Å². The molecule has 2 rings (SSSR count). The maximum atomic E-state index is 14.3. The lowest BCUT2D eigenvalue weighted by Gasteiger charge is -2.25. The molecule has 8 nitrogen and oxygen atoms in total. The molecule has 0 saturated carbocycles. The van der Waals surface area contributed by atoms with Gasteiger partial charge in [0.2, 0.25) is 12.7 Å². The Morgan fingerprint density at radius 2 is 1.73 bits per heavy atom. The number of nitrogens with one attached hydrogen (secondary N) is 1. The molecule has 2 atom stereocenters. The van der Waals surface area contributed by atoms with Crippen LogP contribution in [0.1, 0.15) is 52.0 Å². The van der Waals surface area contributed by atoms with Crippen LogP contribution in [-0.4, -0.2) is 46.6 Å². The Labute approximate surface area is 222 Å². The number of carbonyl (C=O) groups excluding carboxylic acids is 3. The number of benzene rings is 2. The van der Waals surface area contributed by atoms with E-state index in [1.807, 2.05) is 0 Å². The number of rotatable bonds is 11. The van der Waals surface area contributed by atoms with E-state index >= 15 is 0 Å². The van der Waals surface area contributed by atoms with Crippen LogP contribution in [0.2, 0.25) is 5.02 Å². The monoisotopic (exact) mass is 555 g/mol. The van der Waals surface area contributed by atoms with Crippen molar-refractivity contribution in [3.63, 3.8) is 0 Å². The quantitative estimate of drug-likeness (QED) is 0.205. The second-order valence-corrected chi connectivity index (χ2v) is 11.2. The Kier molecular flexibility index (Phi) is 11.4. The van der Waals surface area contributed by atoms with Gasteiger partial charge in [-0.3, -0.25) is 14.4 Å². The minimum Gasteiger partial charge on any atom is -0.428 e. The van der Waals surface area contributed by atoms with Crippen molar-refractivity contribution in [1.29, 1.82) is 0 Å². The van der Waals surface area contributed by atoms with Crippen LogP contribution < -0.4 is 5.32 Å². The SMILES string of the molecule is CC(c1ccc(-c2cc(Cl)ccc2F)cc1)C(CC(=O)OCOC(=O)C(C)(C)C)NC(=O)CCP(O)O. The Morgan fingerprint density at radius 1 is 1.08 bits per heavy atom. The highest BCUT2D eigenvalue weighted by Gasteiger charge is 2.26. The van der Waals surface area contributed by atoms with Crippen LogP contribution in [0, 0.1) is 11.2 Å². The van der Waals surface area contributed by atoms with Gasteiger partial charge in [0.1, 0.15) is 5.82 Å². The molecule has 1 amide bonds. The molecule has 0 saturated heterocycles. The summed E-state index contributed by atoms with van der Waals surface area (Å²) in [5.74, 6) is -2.48. The summed E-state index contributed by atoms with van der Waals surface area (Å²) < 4.78 is 24.3. The molecule has 0 fully saturated rings. The third-order valence-electron chi connectivity index (χ3n) is 5.57. The topological polar surface area (TPSA) is 122 Å². The molecule has 0 bridgehead atoms. The molecule has 2 aromatic rings. The Hall–Kier alpha value is -2.58. The molecule has 2 aromatic carbocycles. The molecule has 2 unspecified atom stereocenters. The Bertz CT molecular complexity index is 1090. The molecule has 0 heterocycles. The van der Waals surface area contributed by atoms with E-state index in [-0.39, 0.29) is 24.9 Å². The molecule has 11 heteroatoms. The molecule has 0 aromatic heterocycles. The van der Waals surface area contributed by atoms with Crippen molar-refractivity contribution in [3.05, 3.63) is 58.9 Å². The van der Waals surface area contributed by atoms with Gasteiger partial charge < -0.3 is 24.6 Å². The first-order valence-corrected chi connectivity index (χ1v) is 13.4. The molecule has 0 aliphatic heterocycles. The molecular formula is C26H32ClFNO7P. The summed E-state index contributed by atoms with van der Waals surface area (Å²) in [6.07, 6.45) is -0.458. The first kappa shape index (κ1) is 30.6. The van der Waals surface area contributed by atoms with Gasteiger partial charge in [0.05, 0.1) is 11.8 Å². The van der Waals surface area contributed by atoms with Crippen LogP contribution in [-0.2, 0) is 23.9 Å². The third kappa shape index (κ3) is 10.0. The molecule has 0 aliphatic rings. The molecule has 202 valence electrons. The summed E-state index contributed by atoms with van der Waals surface area (Å²) in [5.41, 5.74) is 0.955. The molecule has 0 radical (unpaired) electrons. The van der Waals surface area contributed by atoms with Crippen LogP contribution >= 0.6 is 20.0 Å². The van der Waals surface area contributed by atoms with Crippen molar-refractivity contribution in [3.8, 4) is 11.1 Å².